The number of carbonyl (C=O) groups excluding carboxylic acids is 1. The van der Waals surface area contributed by atoms with Crippen LogP contribution >= 0.6 is 0 Å². The number of amides is 1. The second-order valence-corrected chi connectivity index (χ2v) is 9.79. The van der Waals surface area contributed by atoms with E-state index >= 15 is 0 Å². The van der Waals surface area contributed by atoms with Gasteiger partial charge in [0.05, 0.1) is 5.75 Å². The Bertz CT molecular complexity index is 928. The van der Waals surface area contributed by atoms with E-state index in [1.54, 1.807) is 6.08 Å². The highest BCUT2D eigenvalue weighted by molar-refractivity contribution is 7.94. The molecule has 1 amide bonds. The molecule has 5 heteroatoms. The van der Waals surface area contributed by atoms with E-state index in [-0.39, 0.29) is 29.4 Å². The van der Waals surface area contributed by atoms with Crippen LogP contribution in [0.15, 0.2) is 72.1 Å². The summed E-state index contributed by atoms with van der Waals surface area (Å²) >= 11 is 0. The highest BCUT2D eigenvalue weighted by Crippen LogP contribution is 2.40. The van der Waals surface area contributed by atoms with Crippen molar-refractivity contribution >= 4 is 15.7 Å². The first-order chi connectivity index (χ1) is 13.5. The molecule has 2 aromatic rings. The summed E-state index contributed by atoms with van der Waals surface area (Å²) in [6.07, 6.45) is 3.84. The van der Waals surface area contributed by atoms with Gasteiger partial charge in [-0.25, -0.2) is 8.42 Å². The molecular formula is C23H25NO3S. The molecule has 0 N–H and O–H groups in total. The number of allylic oxidation sites excluding steroid dienone is 1. The Morgan fingerprint density at radius 1 is 1.00 bits per heavy atom. The van der Waals surface area contributed by atoms with Crippen molar-refractivity contribution < 1.29 is 13.2 Å². The van der Waals surface area contributed by atoms with E-state index in [0.29, 0.717) is 6.54 Å². The monoisotopic (exact) mass is 395 g/mol. The minimum Gasteiger partial charge on any atom is -0.341 e. The molecule has 4 nitrogen and oxygen atoms in total. The molecule has 146 valence electrons. The molecule has 0 aliphatic carbocycles. The Labute approximate surface area is 166 Å². The summed E-state index contributed by atoms with van der Waals surface area (Å²) in [6.45, 7) is 1.35. The zero-order valence-electron chi connectivity index (χ0n) is 15.8. The molecule has 0 radical (unpaired) electrons. The first-order valence-electron chi connectivity index (χ1n) is 9.78. The van der Waals surface area contributed by atoms with Gasteiger partial charge in [-0.3, -0.25) is 4.79 Å². The van der Waals surface area contributed by atoms with Crippen LogP contribution in [0.2, 0.25) is 0 Å². The molecule has 0 bridgehead atoms. The second-order valence-electron chi connectivity index (χ2n) is 7.86. The van der Waals surface area contributed by atoms with Crippen molar-refractivity contribution in [1.82, 2.24) is 4.90 Å². The van der Waals surface area contributed by atoms with E-state index in [1.807, 2.05) is 17.0 Å². The molecular weight excluding hydrogens is 370 g/mol. The summed E-state index contributed by atoms with van der Waals surface area (Å²) in [5.41, 5.74) is 2.22. The highest BCUT2D eigenvalue weighted by atomic mass is 32.2. The number of benzene rings is 2. The standard InChI is InChI=1S/C23H25NO3S/c25-22(16-19-12-15-28(26,27)17-19)24-14-7-13-23(18-24,20-8-3-1-4-9-20)21-10-5-2-6-11-21/h1-6,8-12,15,19H,7,13-14,16-18H2/t19-/m1/s1. The number of piperidine rings is 1. The van der Waals surface area contributed by atoms with Crippen molar-refractivity contribution in [2.75, 3.05) is 18.8 Å². The second kappa shape index (κ2) is 7.55. The largest absolute Gasteiger partial charge is 0.341 e. The molecule has 28 heavy (non-hydrogen) atoms. The molecule has 2 aromatic carbocycles. The molecule has 1 fully saturated rings. The van der Waals surface area contributed by atoms with E-state index in [4.69, 9.17) is 0 Å². The maximum atomic E-state index is 13.0. The SMILES string of the molecule is O=C(C[C@H]1C=CS(=O)(=O)C1)N1CCCC(c2ccccc2)(c2ccccc2)C1. The number of sulfone groups is 1. The van der Waals surface area contributed by atoms with Crippen LogP contribution in [-0.2, 0) is 20.0 Å². The lowest BCUT2D eigenvalue weighted by Crippen LogP contribution is -2.49. The van der Waals surface area contributed by atoms with Crippen LogP contribution in [0.25, 0.3) is 0 Å². The Kier molecular flexibility index (Phi) is 5.11. The van der Waals surface area contributed by atoms with Gasteiger partial charge in [0.25, 0.3) is 0 Å². The molecule has 0 aromatic heterocycles. The molecule has 1 atom stereocenters. The fourth-order valence-electron chi connectivity index (χ4n) is 4.54. The number of hydrogen-bond acceptors (Lipinski definition) is 3. The van der Waals surface area contributed by atoms with Crippen LogP contribution in [0.4, 0.5) is 0 Å². The van der Waals surface area contributed by atoms with Crippen molar-refractivity contribution in [2.45, 2.75) is 24.7 Å². The van der Waals surface area contributed by atoms with Gasteiger partial charge in [-0.05, 0) is 24.0 Å². The van der Waals surface area contributed by atoms with Crippen molar-refractivity contribution in [1.29, 1.82) is 0 Å². The van der Waals surface area contributed by atoms with E-state index in [0.717, 1.165) is 19.4 Å². The zero-order chi connectivity index (χ0) is 19.6. The molecule has 2 heterocycles. The minimum atomic E-state index is -3.13. The number of carbonyl (C=O) groups is 1. The predicted molar refractivity (Wildman–Crippen MR) is 111 cm³/mol. The Balaban J connectivity index is 1.60. The predicted octanol–water partition coefficient (Wildman–Crippen LogP) is 3.54. The lowest BCUT2D eigenvalue weighted by atomic mass is 9.69. The topological polar surface area (TPSA) is 54.5 Å². The Morgan fingerprint density at radius 2 is 1.61 bits per heavy atom. The van der Waals surface area contributed by atoms with E-state index in [9.17, 15) is 13.2 Å². The molecule has 2 aliphatic heterocycles. The molecule has 2 aliphatic rings. The number of likely N-dealkylation sites (tertiary alicyclic amines) is 1. The molecule has 1 saturated heterocycles. The zero-order valence-corrected chi connectivity index (χ0v) is 16.6. The smallest absolute Gasteiger partial charge is 0.223 e. The van der Waals surface area contributed by atoms with Gasteiger partial charge in [0.1, 0.15) is 0 Å². The summed E-state index contributed by atoms with van der Waals surface area (Å²) < 4.78 is 23.3. The van der Waals surface area contributed by atoms with Crippen LogP contribution in [0.1, 0.15) is 30.4 Å². The summed E-state index contributed by atoms with van der Waals surface area (Å²) in [5.74, 6) is -0.111. The average molecular weight is 396 g/mol. The van der Waals surface area contributed by atoms with E-state index < -0.39 is 9.84 Å². The maximum Gasteiger partial charge on any atom is 0.223 e. The first kappa shape index (κ1) is 18.9. The summed E-state index contributed by atoms with van der Waals surface area (Å²) in [4.78, 5) is 14.9. The molecule has 4 rings (SSSR count). The third-order valence-electron chi connectivity index (χ3n) is 5.94. The summed E-state index contributed by atoms with van der Waals surface area (Å²) in [6, 6.07) is 20.8. The average Bonchev–Trinajstić information content (AvgIpc) is 3.07. The number of rotatable bonds is 4. The lowest BCUT2D eigenvalue weighted by molar-refractivity contribution is -0.133. The van der Waals surface area contributed by atoms with Crippen LogP contribution in [0, 0.1) is 5.92 Å². The lowest BCUT2D eigenvalue weighted by Gasteiger charge is -2.44. The third-order valence-corrected chi connectivity index (χ3v) is 7.40. The van der Waals surface area contributed by atoms with Gasteiger partial charge >= 0.3 is 0 Å². The van der Waals surface area contributed by atoms with Crippen molar-refractivity contribution in [2.24, 2.45) is 5.92 Å². The fraction of sp³-hybridized carbons (Fsp3) is 0.348. The number of hydrogen-bond donors (Lipinski definition) is 0. The van der Waals surface area contributed by atoms with Crippen LogP contribution in [0.5, 0.6) is 0 Å². The molecule has 0 spiro atoms. The van der Waals surface area contributed by atoms with Crippen molar-refractivity contribution in [3.05, 3.63) is 83.3 Å². The van der Waals surface area contributed by atoms with Gasteiger partial charge < -0.3 is 4.90 Å². The van der Waals surface area contributed by atoms with Crippen LogP contribution in [-0.4, -0.2) is 38.1 Å². The van der Waals surface area contributed by atoms with Gasteiger partial charge in [-0.1, -0.05) is 66.7 Å². The Morgan fingerprint density at radius 3 is 2.14 bits per heavy atom. The molecule has 0 saturated carbocycles. The molecule has 0 unspecified atom stereocenters. The van der Waals surface area contributed by atoms with E-state index in [2.05, 4.69) is 48.5 Å². The first-order valence-corrected chi connectivity index (χ1v) is 11.5. The quantitative estimate of drug-likeness (QED) is 0.796. The number of nitrogens with zero attached hydrogens (tertiary/aromatic N) is 1. The summed E-state index contributed by atoms with van der Waals surface area (Å²) in [7, 11) is -3.13. The fourth-order valence-corrected chi connectivity index (χ4v) is 5.94. The van der Waals surface area contributed by atoms with Gasteiger partial charge in [0, 0.05) is 36.3 Å². The Hall–Kier alpha value is -2.40. The van der Waals surface area contributed by atoms with Gasteiger partial charge in [0.15, 0.2) is 9.84 Å². The van der Waals surface area contributed by atoms with Crippen LogP contribution in [0.3, 0.4) is 0 Å². The van der Waals surface area contributed by atoms with E-state index in [1.165, 1.54) is 16.5 Å². The van der Waals surface area contributed by atoms with Gasteiger partial charge in [0.2, 0.25) is 5.91 Å². The van der Waals surface area contributed by atoms with Gasteiger partial charge in [-0.15, -0.1) is 0 Å². The summed E-state index contributed by atoms with van der Waals surface area (Å²) in [5, 5.41) is 1.25. The maximum absolute atomic E-state index is 13.0. The van der Waals surface area contributed by atoms with Gasteiger partial charge in [-0.2, -0.15) is 0 Å². The minimum absolute atomic E-state index is 0.0442. The third kappa shape index (κ3) is 3.76. The highest BCUT2D eigenvalue weighted by Gasteiger charge is 2.40. The normalized spacial score (nSPS) is 22.9. The van der Waals surface area contributed by atoms with Crippen molar-refractivity contribution in [3.63, 3.8) is 0 Å². The van der Waals surface area contributed by atoms with Crippen molar-refractivity contribution in [3.8, 4) is 0 Å². The van der Waals surface area contributed by atoms with Crippen LogP contribution < -0.4 is 0 Å².